The fourth-order valence-corrected chi connectivity index (χ4v) is 3.21. The number of hydrogen-bond donors (Lipinski definition) is 2. The topological polar surface area (TPSA) is 95.9 Å². The molecule has 0 saturated carbocycles. The molecule has 0 bridgehead atoms. The van der Waals surface area contributed by atoms with Crippen LogP contribution in [0.15, 0.2) is 0 Å². The number of carbonyl (C=O) groups is 1. The highest BCUT2D eigenvalue weighted by Crippen LogP contribution is 2.18. The molecule has 0 aliphatic carbocycles. The molecular weight excluding hydrogens is 284 g/mol. The maximum atomic E-state index is 12.0. The minimum absolute atomic E-state index is 0.230. The van der Waals surface area contributed by atoms with Crippen molar-refractivity contribution >= 4 is 16.2 Å². The zero-order valence-electron chi connectivity index (χ0n) is 12.0. The summed E-state index contributed by atoms with van der Waals surface area (Å²) < 4.78 is 33.0. The highest BCUT2D eigenvalue weighted by molar-refractivity contribution is 7.87. The van der Waals surface area contributed by atoms with E-state index in [0.717, 1.165) is 0 Å². The number of nitrogens with one attached hydrogen (secondary N) is 1. The quantitative estimate of drug-likeness (QED) is 0.628. The predicted molar refractivity (Wildman–Crippen MR) is 74.5 cm³/mol. The first-order valence-electron chi connectivity index (χ1n) is 6.88. The Morgan fingerprint density at radius 1 is 1.40 bits per heavy atom. The van der Waals surface area contributed by atoms with Gasteiger partial charge < -0.3 is 9.84 Å². The molecule has 118 valence electrons. The van der Waals surface area contributed by atoms with Crippen LogP contribution in [0, 0.1) is 11.8 Å². The van der Waals surface area contributed by atoms with Gasteiger partial charge in [-0.3, -0.25) is 4.79 Å². The smallest absolute Gasteiger partial charge is 0.306 e. The van der Waals surface area contributed by atoms with Gasteiger partial charge in [-0.05, 0) is 18.8 Å². The second-order valence-electron chi connectivity index (χ2n) is 5.38. The van der Waals surface area contributed by atoms with Crippen LogP contribution in [-0.2, 0) is 19.7 Å². The third-order valence-electron chi connectivity index (χ3n) is 3.13. The van der Waals surface area contributed by atoms with Crippen LogP contribution in [0.1, 0.15) is 26.7 Å². The first-order valence-corrected chi connectivity index (χ1v) is 8.32. The van der Waals surface area contributed by atoms with Crippen molar-refractivity contribution in [2.45, 2.75) is 26.7 Å². The van der Waals surface area contributed by atoms with Gasteiger partial charge in [-0.1, -0.05) is 13.8 Å². The number of rotatable bonds is 8. The van der Waals surface area contributed by atoms with Gasteiger partial charge in [0, 0.05) is 26.2 Å². The molecule has 20 heavy (non-hydrogen) atoms. The summed E-state index contributed by atoms with van der Waals surface area (Å²) in [5.74, 6) is -0.866. The van der Waals surface area contributed by atoms with Gasteiger partial charge in [0.25, 0.3) is 10.2 Å². The number of aliphatic carboxylic acids is 1. The lowest BCUT2D eigenvalue weighted by Crippen LogP contribution is -2.46. The zero-order chi connectivity index (χ0) is 15.2. The molecule has 7 nitrogen and oxygen atoms in total. The predicted octanol–water partition coefficient (Wildman–Crippen LogP) is 0.290. The lowest BCUT2D eigenvalue weighted by molar-refractivity contribution is -0.142. The Balaban J connectivity index is 2.29. The summed E-state index contributed by atoms with van der Waals surface area (Å²) in [6.45, 7) is 5.72. The Morgan fingerprint density at radius 3 is 2.50 bits per heavy atom. The number of piperidine rings is 1. The molecule has 0 aromatic carbocycles. The molecule has 0 aromatic heterocycles. The van der Waals surface area contributed by atoms with E-state index in [1.807, 2.05) is 13.8 Å². The van der Waals surface area contributed by atoms with Gasteiger partial charge in [-0.25, -0.2) is 0 Å². The van der Waals surface area contributed by atoms with E-state index in [1.54, 1.807) is 0 Å². The fraction of sp³-hybridized carbons (Fsp3) is 0.917. The third-order valence-corrected chi connectivity index (χ3v) is 4.74. The molecular formula is C12H24N2O5S. The molecule has 0 atom stereocenters. The Kier molecular flexibility index (Phi) is 6.87. The second-order valence-corrected chi connectivity index (χ2v) is 7.13. The van der Waals surface area contributed by atoms with Crippen molar-refractivity contribution < 1.29 is 23.1 Å². The van der Waals surface area contributed by atoms with Crippen LogP contribution in [0.3, 0.4) is 0 Å². The van der Waals surface area contributed by atoms with Crippen molar-refractivity contribution in [1.82, 2.24) is 9.03 Å². The molecule has 1 rings (SSSR count). The highest BCUT2D eigenvalue weighted by Gasteiger charge is 2.30. The third kappa shape index (κ3) is 5.74. The molecule has 1 fully saturated rings. The van der Waals surface area contributed by atoms with Crippen molar-refractivity contribution in [3.63, 3.8) is 0 Å². The van der Waals surface area contributed by atoms with Crippen LogP contribution in [-0.4, -0.2) is 56.6 Å². The summed E-state index contributed by atoms with van der Waals surface area (Å²) in [6.07, 6.45) is 0.722. The summed E-state index contributed by atoms with van der Waals surface area (Å²) in [6, 6.07) is 0. The Labute approximate surface area is 120 Å². The van der Waals surface area contributed by atoms with E-state index in [4.69, 9.17) is 9.84 Å². The summed E-state index contributed by atoms with van der Waals surface area (Å²) in [4.78, 5) is 10.8. The van der Waals surface area contributed by atoms with E-state index in [1.165, 1.54) is 4.31 Å². The SMILES string of the molecule is CC(C)COCCNS(=O)(=O)N1CCC(C(=O)O)CC1. The van der Waals surface area contributed by atoms with Crippen molar-refractivity contribution in [3.8, 4) is 0 Å². The molecule has 0 unspecified atom stereocenters. The van der Waals surface area contributed by atoms with E-state index in [0.29, 0.717) is 32.0 Å². The Bertz CT molecular complexity index is 402. The average molecular weight is 308 g/mol. The minimum atomic E-state index is -3.52. The van der Waals surface area contributed by atoms with Gasteiger partial charge >= 0.3 is 5.97 Å². The van der Waals surface area contributed by atoms with E-state index in [9.17, 15) is 13.2 Å². The van der Waals surface area contributed by atoms with Crippen LogP contribution in [0.25, 0.3) is 0 Å². The number of nitrogens with zero attached hydrogens (tertiary/aromatic N) is 1. The number of hydrogen-bond acceptors (Lipinski definition) is 4. The van der Waals surface area contributed by atoms with Crippen LogP contribution in [0.5, 0.6) is 0 Å². The fourth-order valence-electron chi connectivity index (χ4n) is 2.00. The molecule has 1 aliphatic rings. The maximum Gasteiger partial charge on any atom is 0.306 e. The summed E-state index contributed by atoms with van der Waals surface area (Å²) in [5.41, 5.74) is 0. The molecule has 8 heteroatoms. The molecule has 1 saturated heterocycles. The number of ether oxygens (including phenoxy) is 1. The van der Waals surface area contributed by atoms with Crippen molar-refractivity contribution in [2.24, 2.45) is 11.8 Å². The Hall–Kier alpha value is -0.700. The van der Waals surface area contributed by atoms with E-state index >= 15 is 0 Å². The summed E-state index contributed by atoms with van der Waals surface area (Å²) >= 11 is 0. The standard InChI is InChI=1S/C12H24N2O5S/c1-10(2)9-19-8-5-13-20(17,18)14-6-3-11(4-7-14)12(15)16/h10-11,13H,3-9H2,1-2H3,(H,15,16). The van der Waals surface area contributed by atoms with Crippen LogP contribution in [0.4, 0.5) is 0 Å². The van der Waals surface area contributed by atoms with E-state index in [2.05, 4.69) is 4.72 Å². The average Bonchev–Trinajstić information content (AvgIpc) is 2.38. The van der Waals surface area contributed by atoms with Crippen LogP contribution < -0.4 is 4.72 Å². The van der Waals surface area contributed by atoms with Gasteiger partial charge in [0.1, 0.15) is 0 Å². The van der Waals surface area contributed by atoms with Crippen molar-refractivity contribution in [2.75, 3.05) is 32.8 Å². The monoisotopic (exact) mass is 308 g/mol. The molecule has 0 spiro atoms. The molecule has 0 radical (unpaired) electrons. The molecule has 1 heterocycles. The van der Waals surface area contributed by atoms with Crippen molar-refractivity contribution in [1.29, 1.82) is 0 Å². The number of carboxylic acids is 1. The van der Waals surface area contributed by atoms with Crippen LogP contribution in [0.2, 0.25) is 0 Å². The number of carboxylic acid groups (broad SMARTS) is 1. The largest absolute Gasteiger partial charge is 0.481 e. The highest BCUT2D eigenvalue weighted by atomic mass is 32.2. The maximum absolute atomic E-state index is 12.0. The van der Waals surface area contributed by atoms with Gasteiger partial charge in [0.15, 0.2) is 0 Å². The lowest BCUT2D eigenvalue weighted by Gasteiger charge is -2.29. The first kappa shape index (κ1) is 17.4. The summed E-state index contributed by atoms with van der Waals surface area (Å²) in [5, 5.41) is 8.87. The lowest BCUT2D eigenvalue weighted by atomic mass is 9.99. The van der Waals surface area contributed by atoms with Crippen LogP contribution >= 0.6 is 0 Å². The van der Waals surface area contributed by atoms with Gasteiger partial charge in [0.2, 0.25) is 0 Å². The Morgan fingerprint density at radius 2 is 2.00 bits per heavy atom. The molecule has 2 N–H and O–H groups in total. The van der Waals surface area contributed by atoms with Crippen molar-refractivity contribution in [3.05, 3.63) is 0 Å². The normalized spacial score (nSPS) is 18.6. The van der Waals surface area contributed by atoms with E-state index < -0.39 is 22.1 Å². The zero-order valence-corrected chi connectivity index (χ0v) is 12.9. The molecule has 0 aromatic rings. The van der Waals surface area contributed by atoms with E-state index in [-0.39, 0.29) is 19.6 Å². The minimum Gasteiger partial charge on any atom is -0.481 e. The summed E-state index contributed by atoms with van der Waals surface area (Å²) in [7, 11) is -3.52. The second kappa shape index (κ2) is 7.92. The first-order chi connectivity index (χ1) is 9.33. The molecule has 0 amide bonds. The van der Waals surface area contributed by atoms with Gasteiger partial charge in [-0.2, -0.15) is 17.4 Å². The molecule has 1 aliphatic heterocycles. The van der Waals surface area contributed by atoms with Gasteiger partial charge in [-0.15, -0.1) is 0 Å². The van der Waals surface area contributed by atoms with Gasteiger partial charge in [0.05, 0.1) is 12.5 Å².